The summed E-state index contributed by atoms with van der Waals surface area (Å²) < 4.78 is 11.3. The van der Waals surface area contributed by atoms with Crippen molar-refractivity contribution in [1.82, 2.24) is 15.4 Å². The van der Waals surface area contributed by atoms with E-state index in [9.17, 15) is 9.90 Å². The zero-order valence-electron chi connectivity index (χ0n) is 15.9. The van der Waals surface area contributed by atoms with E-state index < -0.39 is 17.6 Å². The molecule has 0 bridgehead atoms. The Bertz CT molecular complexity index is 565. The van der Waals surface area contributed by atoms with Crippen molar-refractivity contribution in [2.75, 3.05) is 20.6 Å². The molecule has 0 spiro atoms. The summed E-state index contributed by atoms with van der Waals surface area (Å²) in [5.74, 6) is 0.778. The standard InChI is InChI=1S/C18H31N3O4/c1-18(2,3)17(23)19-10-16-15(22)7-6-13(24-16)8-12-9-14(25-20-12)11-21(4)5/h9,13,15-16,22H,6-8,10-11H2,1-5H3,(H,19,23)/t13-,15-,16+/m0/s1. The third kappa shape index (κ3) is 6.09. The highest BCUT2D eigenvalue weighted by molar-refractivity contribution is 5.81. The molecule has 25 heavy (non-hydrogen) atoms. The average Bonchev–Trinajstić information content (AvgIpc) is 2.92. The highest BCUT2D eigenvalue weighted by Crippen LogP contribution is 2.23. The van der Waals surface area contributed by atoms with Crippen LogP contribution in [0.4, 0.5) is 0 Å². The van der Waals surface area contributed by atoms with E-state index in [0.29, 0.717) is 25.9 Å². The normalized spacial score (nSPS) is 24.5. The third-order valence-electron chi connectivity index (χ3n) is 4.24. The number of aromatic nitrogens is 1. The summed E-state index contributed by atoms with van der Waals surface area (Å²) in [6.07, 6.45) is 1.09. The minimum Gasteiger partial charge on any atom is -0.390 e. The Balaban J connectivity index is 1.86. The molecule has 1 aliphatic heterocycles. The molecule has 7 nitrogen and oxygen atoms in total. The summed E-state index contributed by atoms with van der Waals surface area (Å²) in [6.45, 7) is 6.61. The number of rotatable bonds is 6. The number of amides is 1. The lowest BCUT2D eigenvalue weighted by molar-refractivity contribution is -0.134. The Morgan fingerprint density at radius 1 is 1.40 bits per heavy atom. The lowest BCUT2D eigenvalue weighted by atomic mass is 9.95. The van der Waals surface area contributed by atoms with E-state index in [0.717, 1.165) is 17.9 Å². The Hall–Kier alpha value is -1.44. The second kappa shape index (κ2) is 8.29. The van der Waals surface area contributed by atoms with Crippen LogP contribution >= 0.6 is 0 Å². The van der Waals surface area contributed by atoms with Crippen LogP contribution in [0.1, 0.15) is 45.1 Å². The second-order valence-electron chi connectivity index (χ2n) is 8.13. The number of carbonyl (C=O) groups is 1. The molecule has 1 saturated heterocycles. The minimum absolute atomic E-state index is 0.0303. The van der Waals surface area contributed by atoms with Crippen molar-refractivity contribution in [1.29, 1.82) is 0 Å². The molecule has 1 aromatic rings. The van der Waals surface area contributed by atoms with Crippen LogP contribution in [0.15, 0.2) is 10.6 Å². The molecule has 7 heteroatoms. The van der Waals surface area contributed by atoms with Crippen molar-refractivity contribution in [2.45, 2.75) is 64.9 Å². The molecule has 1 amide bonds. The Kier molecular flexibility index (Phi) is 6.59. The molecule has 0 unspecified atom stereocenters. The van der Waals surface area contributed by atoms with Crippen LogP contribution in [0.3, 0.4) is 0 Å². The first-order chi connectivity index (χ1) is 11.6. The zero-order valence-corrected chi connectivity index (χ0v) is 15.9. The smallest absolute Gasteiger partial charge is 0.225 e. The number of carbonyl (C=O) groups excluding carboxylic acids is 1. The zero-order chi connectivity index (χ0) is 18.6. The maximum Gasteiger partial charge on any atom is 0.225 e. The summed E-state index contributed by atoms with van der Waals surface area (Å²) in [7, 11) is 3.95. The van der Waals surface area contributed by atoms with Gasteiger partial charge in [0.2, 0.25) is 5.91 Å². The number of aliphatic hydroxyl groups is 1. The van der Waals surface area contributed by atoms with E-state index in [1.165, 1.54) is 0 Å². The highest BCUT2D eigenvalue weighted by Gasteiger charge is 2.32. The minimum atomic E-state index is -0.557. The van der Waals surface area contributed by atoms with Crippen molar-refractivity contribution in [3.05, 3.63) is 17.5 Å². The Morgan fingerprint density at radius 2 is 2.12 bits per heavy atom. The van der Waals surface area contributed by atoms with Crippen molar-refractivity contribution in [2.24, 2.45) is 5.41 Å². The van der Waals surface area contributed by atoms with Gasteiger partial charge in [0, 0.05) is 24.4 Å². The lowest BCUT2D eigenvalue weighted by Crippen LogP contribution is -2.48. The van der Waals surface area contributed by atoms with Gasteiger partial charge < -0.3 is 24.6 Å². The Labute approximate surface area is 149 Å². The molecule has 142 valence electrons. The van der Waals surface area contributed by atoms with Gasteiger partial charge in [-0.15, -0.1) is 0 Å². The van der Waals surface area contributed by atoms with Crippen LogP contribution in [0.25, 0.3) is 0 Å². The van der Waals surface area contributed by atoms with Gasteiger partial charge in [0.15, 0.2) is 5.76 Å². The monoisotopic (exact) mass is 353 g/mol. The van der Waals surface area contributed by atoms with Crippen molar-refractivity contribution in [3.8, 4) is 0 Å². The summed E-state index contributed by atoms with van der Waals surface area (Å²) in [5.41, 5.74) is 0.401. The van der Waals surface area contributed by atoms with E-state index in [1.807, 2.05) is 45.8 Å². The number of hydrogen-bond donors (Lipinski definition) is 2. The number of nitrogens with zero attached hydrogens (tertiary/aromatic N) is 2. The summed E-state index contributed by atoms with van der Waals surface area (Å²) >= 11 is 0. The van der Waals surface area contributed by atoms with Gasteiger partial charge >= 0.3 is 0 Å². The molecule has 0 saturated carbocycles. The number of aliphatic hydroxyl groups excluding tert-OH is 1. The molecule has 0 radical (unpaired) electrons. The number of ether oxygens (including phenoxy) is 1. The van der Waals surface area contributed by atoms with Gasteiger partial charge in [-0.1, -0.05) is 25.9 Å². The van der Waals surface area contributed by atoms with Crippen LogP contribution in [-0.4, -0.2) is 60.0 Å². The van der Waals surface area contributed by atoms with E-state index in [1.54, 1.807) is 0 Å². The fraction of sp³-hybridized carbons (Fsp3) is 0.778. The SMILES string of the molecule is CN(C)Cc1cc(C[C@@H]2CC[C@H](O)[C@@H](CNC(=O)C(C)(C)C)O2)no1. The maximum atomic E-state index is 12.0. The number of hydrogen-bond acceptors (Lipinski definition) is 6. The van der Waals surface area contributed by atoms with Crippen molar-refractivity contribution < 1.29 is 19.2 Å². The fourth-order valence-electron chi connectivity index (χ4n) is 2.81. The molecular formula is C18H31N3O4. The van der Waals surface area contributed by atoms with Gasteiger partial charge in [-0.25, -0.2) is 0 Å². The molecule has 2 heterocycles. The molecule has 2 N–H and O–H groups in total. The number of nitrogens with one attached hydrogen (secondary N) is 1. The van der Waals surface area contributed by atoms with Gasteiger partial charge in [-0.05, 0) is 26.9 Å². The van der Waals surface area contributed by atoms with Gasteiger partial charge in [-0.3, -0.25) is 4.79 Å². The molecule has 0 aliphatic carbocycles. The molecule has 2 rings (SSSR count). The van der Waals surface area contributed by atoms with Crippen molar-refractivity contribution in [3.63, 3.8) is 0 Å². The largest absolute Gasteiger partial charge is 0.390 e. The van der Waals surface area contributed by atoms with Crippen LogP contribution in [0.5, 0.6) is 0 Å². The quantitative estimate of drug-likeness (QED) is 0.803. The van der Waals surface area contributed by atoms with Gasteiger partial charge in [0.05, 0.1) is 24.4 Å². The first-order valence-corrected chi connectivity index (χ1v) is 8.86. The lowest BCUT2D eigenvalue weighted by Gasteiger charge is -2.34. The summed E-state index contributed by atoms with van der Waals surface area (Å²) in [6, 6.07) is 1.95. The van der Waals surface area contributed by atoms with Gasteiger partial charge in [0.25, 0.3) is 0 Å². The van der Waals surface area contributed by atoms with E-state index in [4.69, 9.17) is 9.26 Å². The molecule has 3 atom stereocenters. The highest BCUT2D eigenvalue weighted by atomic mass is 16.5. The van der Waals surface area contributed by atoms with Crippen LogP contribution < -0.4 is 5.32 Å². The molecule has 1 fully saturated rings. The Morgan fingerprint density at radius 3 is 2.76 bits per heavy atom. The summed E-state index contributed by atoms with van der Waals surface area (Å²) in [5, 5.41) is 17.1. The maximum absolute atomic E-state index is 12.0. The van der Waals surface area contributed by atoms with Gasteiger partial charge in [-0.2, -0.15) is 0 Å². The van der Waals surface area contributed by atoms with Crippen LogP contribution in [0, 0.1) is 5.41 Å². The van der Waals surface area contributed by atoms with E-state index in [2.05, 4.69) is 10.5 Å². The van der Waals surface area contributed by atoms with Gasteiger partial charge in [0.1, 0.15) is 6.10 Å². The molecule has 1 aliphatic rings. The average molecular weight is 353 g/mol. The van der Waals surface area contributed by atoms with E-state index >= 15 is 0 Å². The topological polar surface area (TPSA) is 87.8 Å². The van der Waals surface area contributed by atoms with Crippen LogP contribution in [-0.2, 0) is 22.5 Å². The molecular weight excluding hydrogens is 322 g/mol. The first kappa shape index (κ1) is 19.9. The molecule has 1 aromatic heterocycles. The predicted octanol–water partition coefficient (Wildman–Crippen LogP) is 1.35. The summed E-state index contributed by atoms with van der Waals surface area (Å²) in [4.78, 5) is 14.0. The predicted molar refractivity (Wildman–Crippen MR) is 94.0 cm³/mol. The second-order valence-corrected chi connectivity index (χ2v) is 8.13. The van der Waals surface area contributed by atoms with Crippen LogP contribution in [0.2, 0.25) is 0 Å². The molecule has 0 aromatic carbocycles. The fourth-order valence-corrected chi connectivity index (χ4v) is 2.81. The van der Waals surface area contributed by atoms with E-state index in [-0.39, 0.29) is 12.0 Å². The first-order valence-electron chi connectivity index (χ1n) is 8.86. The van der Waals surface area contributed by atoms with Crippen molar-refractivity contribution >= 4 is 5.91 Å². The third-order valence-corrected chi connectivity index (χ3v) is 4.24.